The Bertz CT molecular complexity index is 597. The molecule has 2 fully saturated rings. The van der Waals surface area contributed by atoms with E-state index in [1.807, 2.05) is 19.1 Å². The summed E-state index contributed by atoms with van der Waals surface area (Å²) >= 11 is 0. The highest BCUT2D eigenvalue weighted by molar-refractivity contribution is 14.0. The van der Waals surface area contributed by atoms with E-state index in [2.05, 4.69) is 22.5 Å². The van der Waals surface area contributed by atoms with Crippen molar-refractivity contribution < 1.29 is 14.6 Å². The Morgan fingerprint density at radius 1 is 1.36 bits per heavy atom. The zero-order chi connectivity index (χ0) is 16.9. The number of rotatable bonds is 6. The van der Waals surface area contributed by atoms with Gasteiger partial charge in [0.25, 0.3) is 0 Å². The lowest BCUT2D eigenvalue weighted by atomic mass is 9.96. The molecule has 3 rings (SSSR count). The third-order valence-corrected chi connectivity index (χ3v) is 4.52. The lowest BCUT2D eigenvalue weighted by Gasteiger charge is -2.22. The summed E-state index contributed by atoms with van der Waals surface area (Å²) < 4.78 is 11.3. The molecule has 0 aliphatic carbocycles. The molecule has 0 saturated carbocycles. The number of phenolic OH excluding ortho intramolecular Hbond substituents is 1. The summed E-state index contributed by atoms with van der Waals surface area (Å²) in [6.45, 7) is 5.82. The fraction of sp³-hybridized carbons (Fsp3) is 0.611. The zero-order valence-electron chi connectivity index (χ0n) is 14.8. The molecule has 2 bridgehead atoms. The molecule has 140 valence electrons. The Hall–Kier alpha value is -1.22. The second-order valence-corrected chi connectivity index (χ2v) is 6.29. The molecule has 3 N–H and O–H groups in total. The number of fused-ring (bicyclic) bond motifs is 2. The predicted molar refractivity (Wildman–Crippen MR) is 109 cm³/mol. The van der Waals surface area contributed by atoms with Gasteiger partial charge in [0.15, 0.2) is 17.5 Å². The number of nitrogens with zero attached hydrogens (tertiary/aromatic N) is 1. The van der Waals surface area contributed by atoms with Gasteiger partial charge in [-0.25, -0.2) is 4.99 Å². The van der Waals surface area contributed by atoms with Gasteiger partial charge in [-0.2, -0.15) is 0 Å². The van der Waals surface area contributed by atoms with E-state index in [-0.39, 0.29) is 29.7 Å². The van der Waals surface area contributed by atoms with Crippen LogP contribution in [0.4, 0.5) is 0 Å². The normalized spacial score (nSPS) is 24.7. The second-order valence-electron chi connectivity index (χ2n) is 6.29. The number of aliphatic imine (C=N–C) groups is 1. The number of hydrogen-bond donors (Lipinski definition) is 3. The van der Waals surface area contributed by atoms with Gasteiger partial charge in [-0.05, 0) is 50.8 Å². The Morgan fingerprint density at radius 2 is 2.20 bits per heavy atom. The van der Waals surface area contributed by atoms with Gasteiger partial charge >= 0.3 is 0 Å². The smallest absolute Gasteiger partial charge is 0.191 e. The summed E-state index contributed by atoms with van der Waals surface area (Å²) in [6, 6.07) is 5.71. The molecule has 3 atom stereocenters. The molecule has 0 amide bonds. The molecular formula is C18H28IN3O3. The van der Waals surface area contributed by atoms with Gasteiger partial charge in [-0.3, -0.25) is 0 Å². The summed E-state index contributed by atoms with van der Waals surface area (Å²) in [6.07, 6.45) is 4.11. The molecule has 2 saturated heterocycles. The molecule has 2 aliphatic rings. The number of ether oxygens (including phenoxy) is 2. The van der Waals surface area contributed by atoms with Gasteiger partial charge in [0.05, 0.1) is 31.4 Å². The quantitative estimate of drug-likeness (QED) is 0.345. The summed E-state index contributed by atoms with van der Waals surface area (Å²) in [5.74, 6) is 1.48. The van der Waals surface area contributed by atoms with Crippen molar-refractivity contribution in [2.75, 3.05) is 13.2 Å². The fourth-order valence-electron chi connectivity index (χ4n) is 3.38. The molecule has 3 unspecified atom stereocenters. The molecule has 6 nitrogen and oxygen atoms in total. The van der Waals surface area contributed by atoms with Crippen molar-refractivity contribution in [3.63, 3.8) is 0 Å². The number of guanidine groups is 1. The molecule has 1 aromatic carbocycles. The zero-order valence-corrected chi connectivity index (χ0v) is 17.2. The van der Waals surface area contributed by atoms with E-state index in [1.54, 1.807) is 6.07 Å². The van der Waals surface area contributed by atoms with E-state index in [0.717, 1.165) is 30.9 Å². The van der Waals surface area contributed by atoms with Gasteiger partial charge in [-0.1, -0.05) is 6.07 Å². The van der Waals surface area contributed by atoms with Crippen LogP contribution in [0.5, 0.6) is 11.5 Å². The van der Waals surface area contributed by atoms with Crippen LogP contribution < -0.4 is 15.4 Å². The van der Waals surface area contributed by atoms with Crippen LogP contribution in [0.25, 0.3) is 0 Å². The highest BCUT2D eigenvalue weighted by Gasteiger charge is 2.41. The van der Waals surface area contributed by atoms with Gasteiger partial charge in [0, 0.05) is 6.54 Å². The molecule has 2 heterocycles. The number of hydrogen-bond acceptors (Lipinski definition) is 4. The summed E-state index contributed by atoms with van der Waals surface area (Å²) in [4.78, 5) is 4.66. The Balaban J connectivity index is 0.00000225. The third-order valence-electron chi connectivity index (χ3n) is 4.52. The minimum absolute atomic E-state index is 0. The topological polar surface area (TPSA) is 75.1 Å². The van der Waals surface area contributed by atoms with Crippen molar-refractivity contribution in [3.05, 3.63) is 23.8 Å². The predicted octanol–water partition coefficient (Wildman–Crippen LogP) is 2.78. The molecule has 1 aromatic rings. The van der Waals surface area contributed by atoms with Crippen molar-refractivity contribution in [3.8, 4) is 11.5 Å². The highest BCUT2D eigenvalue weighted by Crippen LogP contribution is 2.34. The number of nitrogens with one attached hydrogen (secondary N) is 2. The van der Waals surface area contributed by atoms with Crippen LogP contribution in [0.2, 0.25) is 0 Å². The third kappa shape index (κ3) is 5.13. The molecular weight excluding hydrogens is 433 g/mol. The van der Waals surface area contributed by atoms with Crippen LogP contribution in [0, 0.1) is 0 Å². The van der Waals surface area contributed by atoms with Crippen LogP contribution in [-0.4, -0.2) is 42.5 Å². The van der Waals surface area contributed by atoms with E-state index in [1.165, 1.54) is 6.42 Å². The van der Waals surface area contributed by atoms with E-state index in [9.17, 15) is 5.11 Å². The number of benzene rings is 1. The lowest BCUT2D eigenvalue weighted by Crippen LogP contribution is -2.47. The number of halogens is 1. The standard InChI is InChI=1S/C18H27N3O3.HI/c1-3-19-18(21-14-10-13-6-8-16(14)24-13)20-11-12-5-7-15(22)17(9-12)23-4-2;/h5,7,9,13-14,16,22H,3-4,6,8,10-11H2,1-2H3,(H2,19,20,21);1H. The monoisotopic (exact) mass is 461 g/mol. The molecule has 0 spiro atoms. The van der Waals surface area contributed by atoms with Crippen LogP contribution >= 0.6 is 24.0 Å². The van der Waals surface area contributed by atoms with Crippen LogP contribution in [-0.2, 0) is 11.3 Å². The van der Waals surface area contributed by atoms with Crippen LogP contribution in [0.3, 0.4) is 0 Å². The van der Waals surface area contributed by atoms with Crippen molar-refractivity contribution in [2.45, 2.75) is 57.9 Å². The molecule has 2 aliphatic heterocycles. The van der Waals surface area contributed by atoms with Gasteiger partial charge < -0.3 is 25.2 Å². The summed E-state index contributed by atoms with van der Waals surface area (Å²) in [5.41, 5.74) is 0.998. The molecule has 0 radical (unpaired) electrons. The van der Waals surface area contributed by atoms with Gasteiger partial charge in [-0.15, -0.1) is 24.0 Å². The first kappa shape index (κ1) is 20.1. The lowest BCUT2D eigenvalue weighted by molar-refractivity contribution is 0.0992. The maximum atomic E-state index is 9.78. The summed E-state index contributed by atoms with van der Waals surface area (Å²) in [5, 5.41) is 16.6. The van der Waals surface area contributed by atoms with E-state index >= 15 is 0 Å². The average molecular weight is 461 g/mol. The average Bonchev–Trinajstić information content (AvgIpc) is 3.18. The van der Waals surface area contributed by atoms with Crippen molar-refractivity contribution >= 4 is 29.9 Å². The van der Waals surface area contributed by atoms with Crippen LogP contribution in [0.15, 0.2) is 23.2 Å². The van der Waals surface area contributed by atoms with Crippen LogP contribution in [0.1, 0.15) is 38.7 Å². The van der Waals surface area contributed by atoms with E-state index in [4.69, 9.17) is 9.47 Å². The van der Waals surface area contributed by atoms with E-state index in [0.29, 0.717) is 37.2 Å². The fourth-order valence-corrected chi connectivity index (χ4v) is 3.38. The first-order valence-corrected chi connectivity index (χ1v) is 8.84. The molecule has 25 heavy (non-hydrogen) atoms. The Kier molecular flexibility index (Phi) is 7.61. The first-order chi connectivity index (χ1) is 11.7. The minimum Gasteiger partial charge on any atom is -0.504 e. The maximum absolute atomic E-state index is 9.78. The number of aromatic hydroxyl groups is 1. The first-order valence-electron chi connectivity index (χ1n) is 8.84. The van der Waals surface area contributed by atoms with Gasteiger partial charge in [0.1, 0.15) is 0 Å². The van der Waals surface area contributed by atoms with E-state index < -0.39 is 0 Å². The Labute approximate surface area is 166 Å². The molecule has 0 aromatic heterocycles. The van der Waals surface area contributed by atoms with Crippen molar-refractivity contribution in [1.29, 1.82) is 0 Å². The second kappa shape index (κ2) is 9.47. The van der Waals surface area contributed by atoms with Crippen molar-refractivity contribution in [2.24, 2.45) is 4.99 Å². The minimum atomic E-state index is 0. The molecule has 7 heteroatoms. The summed E-state index contributed by atoms with van der Waals surface area (Å²) in [7, 11) is 0. The van der Waals surface area contributed by atoms with Crippen molar-refractivity contribution in [1.82, 2.24) is 10.6 Å². The number of phenols is 1. The highest BCUT2D eigenvalue weighted by atomic mass is 127. The van der Waals surface area contributed by atoms with Gasteiger partial charge in [0.2, 0.25) is 0 Å². The Morgan fingerprint density at radius 3 is 2.84 bits per heavy atom. The SMILES string of the molecule is CCNC(=NCc1ccc(O)c(OCC)c1)NC1CC2CCC1O2.I. The largest absolute Gasteiger partial charge is 0.504 e. The maximum Gasteiger partial charge on any atom is 0.191 e.